The summed E-state index contributed by atoms with van der Waals surface area (Å²) in [6, 6.07) is 37.8. The number of aliphatic imine (C=N–C) groups is 1. The Kier molecular flexibility index (Phi) is 9.63. The number of halogens is 1. The molecule has 0 aliphatic rings. The van der Waals surface area contributed by atoms with Crippen molar-refractivity contribution < 1.29 is 0 Å². The summed E-state index contributed by atoms with van der Waals surface area (Å²) in [5.41, 5.74) is 3.48. The van der Waals surface area contributed by atoms with Crippen molar-refractivity contribution in [2.45, 2.75) is 33.5 Å². The molecule has 0 radical (unpaired) electrons. The fourth-order valence-corrected chi connectivity index (χ4v) is 7.09. The molecule has 0 N–H and O–H groups in total. The molecule has 0 aliphatic carbocycles. The number of rotatable bonds is 9. The van der Waals surface area contributed by atoms with E-state index in [0.717, 1.165) is 27.9 Å². The Labute approximate surface area is 220 Å². The second-order valence-electron chi connectivity index (χ2n) is 7.75. The number of hydrogen-bond acceptors (Lipinski definition) is 4. The molecule has 0 spiro atoms. The van der Waals surface area contributed by atoms with E-state index in [1.165, 1.54) is 20.9 Å². The third-order valence-electron chi connectivity index (χ3n) is 4.97. The molecule has 34 heavy (non-hydrogen) atoms. The normalized spacial score (nSPS) is 11.7. The third kappa shape index (κ3) is 8.28. The molecule has 0 bridgehead atoms. The highest BCUT2D eigenvalue weighted by Crippen LogP contribution is 2.39. The van der Waals surface area contributed by atoms with Gasteiger partial charge in [-0.15, -0.1) is 35.3 Å². The van der Waals surface area contributed by atoms with Crippen LogP contribution in [0.25, 0.3) is 0 Å². The average molecular weight is 520 g/mol. The summed E-state index contributed by atoms with van der Waals surface area (Å²) >= 11 is 11.7. The molecule has 0 fully saturated rings. The van der Waals surface area contributed by atoms with Crippen molar-refractivity contribution in [3.63, 3.8) is 0 Å². The lowest BCUT2D eigenvalue weighted by atomic mass is 10.2. The van der Waals surface area contributed by atoms with Crippen molar-refractivity contribution in [2.24, 2.45) is 4.99 Å². The number of benzene rings is 4. The van der Waals surface area contributed by atoms with Crippen molar-refractivity contribution in [1.82, 2.24) is 0 Å². The highest BCUT2D eigenvalue weighted by atomic mass is 35.5. The van der Waals surface area contributed by atoms with Crippen LogP contribution in [0.4, 0.5) is 5.69 Å². The van der Waals surface area contributed by atoms with Crippen LogP contribution in [-0.4, -0.2) is 9.63 Å². The zero-order valence-corrected chi connectivity index (χ0v) is 22.1. The lowest BCUT2D eigenvalue weighted by molar-refractivity contribution is 1.23. The molecule has 5 heteroatoms. The van der Waals surface area contributed by atoms with Gasteiger partial charge in [-0.3, -0.25) is 0 Å². The number of hydrogen-bond donors (Lipinski definition) is 0. The summed E-state index contributed by atoms with van der Waals surface area (Å²) < 4.78 is 0.298. The first-order chi connectivity index (χ1) is 16.6. The van der Waals surface area contributed by atoms with Gasteiger partial charge in [0.25, 0.3) is 0 Å². The van der Waals surface area contributed by atoms with Crippen LogP contribution in [0.1, 0.15) is 17.5 Å². The van der Waals surface area contributed by atoms with E-state index in [1.54, 1.807) is 0 Å². The molecule has 0 heterocycles. The standard InChI is InChI=1S/C29H26ClNS3/c1-22-12-18-25(19-13-22)31-28(32-21-23-14-16-24(30)17-15-23)20-29(33-26-8-4-2-5-9-26)34-27-10-6-3-7-11-27/h2-19,29H,20-21H2,1H3. The smallest absolute Gasteiger partial charge is 0.0761 e. The molecule has 4 aromatic rings. The van der Waals surface area contributed by atoms with Crippen molar-refractivity contribution in [2.75, 3.05) is 0 Å². The van der Waals surface area contributed by atoms with Crippen LogP contribution < -0.4 is 0 Å². The van der Waals surface area contributed by atoms with Gasteiger partial charge in [-0.25, -0.2) is 4.99 Å². The maximum absolute atomic E-state index is 6.08. The van der Waals surface area contributed by atoms with Gasteiger partial charge >= 0.3 is 0 Å². The van der Waals surface area contributed by atoms with Crippen LogP contribution >= 0.6 is 46.9 Å². The van der Waals surface area contributed by atoms with Crippen molar-refractivity contribution in [3.05, 3.63) is 125 Å². The maximum atomic E-state index is 6.08. The lowest BCUT2D eigenvalue weighted by Crippen LogP contribution is -2.05. The maximum Gasteiger partial charge on any atom is 0.0761 e. The molecule has 0 atom stereocenters. The van der Waals surface area contributed by atoms with Gasteiger partial charge in [0.05, 0.1) is 15.3 Å². The van der Waals surface area contributed by atoms with Gasteiger partial charge in [0.1, 0.15) is 0 Å². The first kappa shape index (κ1) is 25.0. The molecular formula is C29H26ClNS3. The van der Waals surface area contributed by atoms with E-state index in [2.05, 4.69) is 104 Å². The van der Waals surface area contributed by atoms with Gasteiger partial charge < -0.3 is 0 Å². The molecule has 0 saturated heterocycles. The van der Waals surface area contributed by atoms with Gasteiger partial charge in [0.2, 0.25) is 0 Å². The van der Waals surface area contributed by atoms with E-state index in [0.29, 0.717) is 4.58 Å². The quantitative estimate of drug-likeness (QED) is 0.0944. The van der Waals surface area contributed by atoms with E-state index in [4.69, 9.17) is 16.6 Å². The Balaban J connectivity index is 1.57. The zero-order chi connectivity index (χ0) is 23.6. The third-order valence-corrected chi connectivity index (χ3v) is 8.82. The first-order valence-electron chi connectivity index (χ1n) is 11.1. The molecule has 0 unspecified atom stereocenters. The molecule has 0 aromatic heterocycles. The predicted molar refractivity (Wildman–Crippen MR) is 154 cm³/mol. The molecular weight excluding hydrogens is 494 g/mol. The predicted octanol–water partition coefficient (Wildman–Crippen LogP) is 9.91. The minimum absolute atomic E-state index is 0.298. The Morgan fingerprint density at radius 2 is 1.29 bits per heavy atom. The molecule has 0 amide bonds. The highest BCUT2D eigenvalue weighted by Gasteiger charge is 2.17. The van der Waals surface area contributed by atoms with E-state index in [1.807, 2.05) is 47.4 Å². The fraction of sp³-hybridized carbons (Fsp3) is 0.138. The summed E-state index contributed by atoms with van der Waals surface area (Å²) in [4.78, 5) is 7.63. The van der Waals surface area contributed by atoms with E-state index in [-0.39, 0.29) is 0 Å². The molecule has 0 saturated carbocycles. The summed E-state index contributed by atoms with van der Waals surface area (Å²) in [6.45, 7) is 2.10. The summed E-state index contributed by atoms with van der Waals surface area (Å²) in [7, 11) is 0. The first-order valence-corrected chi connectivity index (χ1v) is 14.2. The van der Waals surface area contributed by atoms with Gasteiger partial charge in [-0.05, 0) is 61.0 Å². The SMILES string of the molecule is Cc1ccc(N=C(CC(Sc2ccccc2)Sc2ccccc2)SCc2ccc(Cl)cc2)cc1. The fourth-order valence-electron chi connectivity index (χ4n) is 3.20. The summed E-state index contributed by atoms with van der Waals surface area (Å²) in [5.74, 6) is 0.862. The second-order valence-corrected chi connectivity index (χ2v) is 12.1. The molecule has 172 valence electrons. The summed E-state index contributed by atoms with van der Waals surface area (Å²) in [5, 5.41) is 1.90. The largest absolute Gasteiger partial charge is 0.247 e. The van der Waals surface area contributed by atoms with Crippen LogP contribution in [0, 0.1) is 6.92 Å². The molecule has 4 rings (SSSR count). The Bertz CT molecular complexity index is 1140. The Hall–Kier alpha value is -2.11. The molecule has 0 aliphatic heterocycles. The van der Waals surface area contributed by atoms with Crippen molar-refractivity contribution in [1.29, 1.82) is 0 Å². The molecule has 1 nitrogen and oxygen atoms in total. The second kappa shape index (κ2) is 13.1. The van der Waals surface area contributed by atoms with Crippen LogP contribution in [0.3, 0.4) is 0 Å². The molecule has 4 aromatic carbocycles. The average Bonchev–Trinajstić information content (AvgIpc) is 2.86. The Morgan fingerprint density at radius 3 is 1.85 bits per heavy atom. The van der Waals surface area contributed by atoms with Gasteiger partial charge in [0, 0.05) is 27.0 Å². The van der Waals surface area contributed by atoms with E-state index < -0.39 is 0 Å². The van der Waals surface area contributed by atoms with Crippen LogP contribution in [0.15, 0.2) is 124 Å². The van der Waals surface area contributed by atoms with Gasteiger partial charge in [-0.1, -0.05) is 77.8 Å². The number of aryl methyl sites for hydroxylation is 1. The van der Waals surface area contributed by atoms with E-state index >= 15 is 0 Å². The van der Waals surface area contributed by atoms with Gasteiger partial charge in [-0.2, -0.15) is 0 Å². The number of thioether (sulfide) groups is 3. The minimum atomic E-state index is 0.298. The van der Waals surface area contributed by atoms with Crippen LogP contribution in [0.2, 0.25) is 5.02 Å². The highest BCUT2D eigenvalue weighted by molar-refractivity contribution is 8.17. The summed E-state index contributed by atoms with van der Waals surface area (Å²) in [6.07, 6.45) is 0.866. The topological polar surface area (TPSA) is 12.4 Å². The van der Waals surface area contributed by atoms with Crippen LogP contribution in [0.5, 0.6) is 0 Å². The Morgan fingerprint density at radius 1 is 0.735 bits per heavy atom. The van der Waals surface area contributed by atoms with Crippen molar-refractivity contribution in [3.8, 4) is 0 Å². The van der Waals surface area contributed by atoms with Gasteiger partial charge in [0.15, 0.2) is 0 Å². The van der Waals surface area contributed by atoms with E-state index in [9.17, 15) is 0 Å². The monoisotopic (exact) mass is 519 g/mol. The number of nitrogens with zero attached hydrogens (tertiary/aromatic N) is 1. The van der Waals surface area contributed by atoms with Crippen molar-refractivity contribution >= 4 is 57.6 Å². The minimum Gasteiger partial charge on any atom is -0.247 e. The lowest BCUT2D eigenvalue weighted by Gasteiger charge is -2.18. The zero-order valence-electron chi connectivity index (χ0n) is 18.9. The van der Waals surface area contributed by atoms with Crippen LogP contribution in [-0.2, 0) is 5.75 Å².